The van der Waals surface area contributed by atoms with Crippen LogP contribution in [0.5, 0.6) is 11.5 Å². The lowest BCUT2D eigenvalue weighted by molar-refractivity contribution is -0.134. The molecule has 2 rings (SSSR count). The van der Waals surface area contributed by atoms with Crippen LogP contribution >= 0.6 is 0 Å². The van der Waals surface area contributed by atoms with E-state index in [9.17, 15) is 15.0 Å². The average Bonchev–Trinajstić information content (AvgIpc) is 2.54. The van der Waals surface area contributed by atoms with Gasteiger partial charge in [-0.05, 0) is 34.9 Å². The van der Waals surface area contributed by atoms with Gasteiger partial charge < -0.3 is 14.9 Å². The molecule has 0 radical (unpaired) electrons. The summed E-state index contributed by atoms with van der Waals surface area (Å²) in [5, 5.41) is 18.7. The fourth-order valence-electron chi connectivity index (χ4n) is 1.79. The van der Waals surface area contributed by atoms with Gasteiger partial charge in [-0.15, -0.1) is 0 Å². The first kappa shape index (κ1) is 15.4. The molecule has 4 heteroatoms. The van der Waals surface area contributed by atoms with Crippen molar-refractivity contribution in [1.29, 1.82) is 0 Å². The maximum absolute atomic E-state index is 11.0. The standard InChI is InChI=1S/C18H16O4/c1-22-18(21)11-9-14-4-2-13(3-5-14)6-7-15-8-10-16(19)17(20)12-15/h2-12,19-20H,1H3/b7-6+,11-9+. The molecule has 0 saturated carbocycles. The van der Waals surface area contributed by atoms with Gasteiger partial charge in [0, 0.05) is 6.08 Å². The van der Waals surface area contributed by atoms with Gasteiger partial charge >= 0.3 is 5.97 Å². The number of phenols is 2. The minimum Gasteiger partial charge on any atom is -0.504 e. The molecule has 0 aromatic heterocycles. The molecule has 0 atom stereocenters. The number of hydrogen-bond donors (Lipinski definition) is 2. The Kier molecular flexibility index (Phi) is 4.98. The normalized spacial score (nSPS) is 11.1. The van der Waals surface area contributed by atoms with Gasteiger partial charge in [-0.2, -0.15) is 0 Å². The number of phenolic OH excluding ortho intramolecular Hbond substituents is 2. The molecule has 0 unspecified atom stereocenters. The van der Waals surface area contributed by atoms with Crippen molar-refractivity contribution in [2.75, 3.05) is 7.11 Å². The first-order valence-electron chi connectivity index (χ1n) is 6.64. The Morgan fingerprint density at radius 2 is 1.41 bits per heavy atom. The number of rotatable bonds is 4. The molecule has 0 aliphatic carbocycles. The molecule has 22 heavy (non-hydrogen) atoms. The van der Waals surface area contributed by atoms with Crippen molar-refractivity contribution in [3.05, 3.63) is 65.2 Å². The molecule has 2 aromatic rings. The smallest absolute Gasteiger partial charge is 0.330 e. The van der Waals surface area contributed by atoms with Crippen LogP contribution in [0.2, 0.25) is 0 Å². The number of carbonyl (C=O) groups excluding carboxylic acids is 1. The topological polar surface area (TPSA) is 66.8 Å². The second-order valence-electron chi connectivity index (χ2n) is 4.60. The largest absolute Gasteiger partial charge is 0.504 e. The van der Waals surface area contributed by atoms with Crippen LogP contribution in [0.1, 0.15) is 16.7 Å². The highest BCUT2D eigenvalue weighted by atomic mass is 16.5. The summed E-state index contributed by atoms with van der Waals surface area (Å²) in [6, 6.07) is 12.2. The van der Waals surface area contributed by atoms with E-state index in [-0.39, 0.29) is 11.5 Å². The molecule has 0 aliphatic rings. The van der Waals surface area contributed by atoms with Gasteiger partial charge in [0.15, 0.2) is 11.5 Å². The molecule has 2 aromatic carbocycles. The van der Waals surface area contributed by atoms with Crippen LogP contribution in [-0.4, -0.2) is 23.3 Å². The number of benzene rings is 2. The first-order valence-corrected chi connectivity index (χ1v) is 6.64. The number of aromatic hydroxyl groups is 2. The minimum absolute atomic E-state index is 0.140. The van der Waals surface area contributed by atoms with Crippen LogP contribution in [0.4, 0.5) is 0 Å². The summed E-state index contributed by atoms with van der Waals surface area (Å²) in [6.45, 7) is 0. The molecule has 0 saturated heterocycles. The number of ether oxygens (including phenoxy) is 1. The molecular formula is C18H16O4. The van der Waals surface area contributed by atoms with E-state index in [0.29, 0.717) is 0 Å². The van der Waals surface area contributed by atoms with E-state index < -0.39 is 5.97 Å². The van der Waals surface area contributed by atoms with Gasteiger partial charge in [-0.3, -0.25) is 0 Å². The zero-order chi connectivity index (χ0) is 15.9. The fourth-order valence-corrected chi connectivity index (χ4v) is 1.79. The monoisotopic (exact) mass is 296 g/mol. The van der Waals surface area contributed by atoms with Crippen LogP contribution in [-0.2, 0) is 9.53 Å². The zero-order valence-electron chi connectivity index (χ0n) is 12.1. The number of carbonyl (C=O) groups is 1. The quantitative estimate of drug-likeness (QED) is 0.392. The predicted molar refractivity (Wildman–Crippen MR) is 86.2 cm³/mol. The van der Waals surface area contributed by atoms with Crippen LogP contribution < -0.4 is 0 Å². The van der Waals surface area contributed by atoms with Gasteiger partial charge in [0.1, 0.15) is 0 Å². The van der Waals surface area contributed by atoms with Gasteiger partial charge in [-0.1, -0.05) is 42.5 Å². The lowest BCUT2D eigenvalue weighted by atomic mass is 10.1. The Labute approximate surface area is 128 Å². The number of esters is 1. The minimum atomic E-state index is -0.392. The highest BCUT2D eigenvalue weighted by Crippen LogP contribution is 2.25. The van der Waals surface area contributed by atoms with Gasteiger partial charge in [0.2, 0.25) is 0 Å². The average molecular weight is 296 g/mol. The molecule has 0 amide bonds. The van der Waals surface area contributed by atoms with Crippen LogP contribution in [0.25, 0.3) is 18.2 Å². The summed E-state index contributed by atoms with van der Waals surface area (Å²) in [4.78, 5) is 11.0. The Morgan fingerprint density at radius 3 is 2.00 bits per heavy atom. The first-order chi connectivity index (χ1) is 10.6. The Balaban J connectivity index is 2.07. The van der Waals surface area contributed by atoms with E-state index in [1.807, 2.05) is 36.4 Å². The summed E-state index contributed by atoms with van der Waals surface area (Å²) in [7, 11) is 1.34. The maximum Gasteiger partial charge on any atom is 0.330 e. The van der Waals surface area contributed by atoms with E-state index in [1.165, 1.54) is 25.3 Å². The number of hydrogen-bond acceptors (Lipinski definition) is 4. The Morgan fingerprint density at radius 1 is 0.864 bits per heavy atom. The van der Waals surface area contributed by atoms with E-state index in [4.69, 9.17) is 0 Å². The summed E-state index contributed by atoms with van der Waals surface area (Å²) in [5.41, 5.74) is 2.65. The van der Waals surface area contributed by atoms with Crippen LogP contribution in [0.3, 0.4) is 0 Å². The third kappa shape index (κ3) is 4.24. The second kappa shape index (κ2) is 7.13. The Bertz CT molecular complexity index is 712. The van der Waals surface area contributed by atoms with Crippen molar-refractivity contribution >= 4 is 24.2 Å². The molecule has 112 valence electrons. The lowest BCUT2D eigenvalue weighted by Crippen LogP contribution is -1.93. The fraction of sp³-hybridized carbons (Fsp3) is 0.0556. The maximum atomic E-state index is 11.0. The lowest BCUT2D eigenvalue weighted by Gasteiger charge is -1.99. The van der Waals surface area contributed by atoms with Gasteiger partial charge in [0.25, 0.3) is 0 Å². The SMILES string of the molecule is COC(=O)/C=C/c1ccc(/C=C/c2ccc(O)c(O)c2)cc1. The van der Waals surface area contributed by atoms with Gasteiger partial charge in [-0.25, -0.2) is 4.79 Å². The van der Waals surface area contributed by atoms with Crippen molar-refractivity contribution in [3.8, 4) is 11.5 Å². The van der Waals surface area contributed by atoms with Crippen molar-refractivity contribution < 1.29 is 19.7 Å². The van der Waals surface area contributed by atoms with Crippen molar-refractivity contribution in [3.63, 3.8) is 0 Å². The summed E-state index contributed by atoms with van der Waals surface area (Å²) >= 11 is 0. The van der Waals surface area contributed by atoms with E-state index in [0.717, 1.165) is 16.7 Å². The summed E-state index contributed by atoms with van der Waals surface area (Å²) in [5.74, 6) is -0.680. The third-order valence-corrected chi connectivity index (χ3v) is 3.02. The van der Waals surface area contributed by atoms with Crippen LogP contribution in [0.15, 0.2) is 48.5 Å². The molecule has 0 heterocycles. The molecule has 2 N–H and O–H groups in total. The molecular weight excluding hydrogens is 280 g/mol. The zero-order valence-corrected chi connectivity index (χ0v) is 12.1. The van der Waals surface area contributed by atoms with Crippen LogP contribution in [0, 0.1) is 0 Å². The van der Waals surface area contributed by atoms with Crippen molar-refractivity contribution in [1.82, 2.24) is 0 Å². The molecule has 0 aliphatic heterocycles. The van der Waals surface area contributed by atoms with E-state index >= 15 is 0 Å². The Hall–Kier alpha value is -3.01. The van der Waals surface area contributed by atoms with Crippen molar-refractivity contribution in [2.24, 2.45) is 0 Å². The van der Waals surface area contributed by atoms with E-state index in [1.54, 1.807) is 12.1 Å². The van der Waals surface area contributed by atoms with E-state index in [2.05, 4.69) is 4.74 Å². The van der Waals surface area contributed by atoms with Gasteiger partial charge in [0.05, 0.1) is 7.11 Å². The molecule has 4 nitrogen and oxygen atoms in total. The molecule has 0 bridgehead atoms. The third-order valence-electron chi connectivity index (χ3n) is 3.02. The predicted octanol–water partition coefficient (Wildman–Crippen LogP) is 3.45. The highest BCUT2D eigenvalue weighted by molar-refractivity contribution is 5.87. The highest BCUT2D eigenvalue weighted by Gasteiger charge is 1.98. The number of methoxy groups -OCH3 is 1. The second-order valence-corrected chi connectivity index (χ2v) is 4.60. The molecule has 0 spiro atoms. The summed E-state index contributed by atoms with van der Waals surface area (Å²) in [6.07, 6.45) is 6.76. The van der Waals surface area contributed by atoms with Crippen molar-refractivity contribution in [2.45, 2.75) is 0 Å². The summed E-state index contributed by atoms with van der Waals surface area (Å²) < 4.78 is 4.53. The molecule has 0 fully saturated rings.